The van der Waals surface area contributed by atoms with Crippen LogP contribution in [0.3, 0.4) is 0 Å². The highest BCUT2D eigenvalue weighted by molar-refractivity contribution is 7.84. The fourth-order valence-electron chi connectivity index (χ4n) is 0.796. The zero-order chi connectivity index (χ0) is 10.6. The Bertz CT molecular complexity index is 334. The van der Waals surface area contributed by atoms with E-state index in [1.807, 2.05) is 6.92 Å². The van der Waals surface area contributed by atoms with Crippen molar-refractivity contribution in [2.24, 2.45) is 0 Å². The lowest BCUT2D eigenvalue weighted by Crippen LogP contribution is -2.21. The first-order chi connectivity index (χ1) is 6.59. The molecule has 0 aliphatic heterocycles. The zero-order valence-corrected chi connectivity index (χ0v) is 9.60. The molecule has 0 amide bonds. The van der Waals surface area contributed by atoms with Gasteiger partial charge in [-0.2, -0.15) is 0 Å². The van der Waals surface area contributed by atoms with E-state index >= 15 is 0 Å². The maximum atomic E-state index is 11.0. The molecule has 0 radical (unpaired) electrons. The Labute approximate surface area is 90.6 Å². The molecule has 2 unspecified atom stereocenters. The maximum absolute atomic E-state index is 11.0. The van der Waals surface area contributed by atoms with Gasteiger partial charge in [0, 0.05) is 34.9 Å². The lowest BCUT2D eigenvalue weighted by molar-refractivity contribution is 0.679. The van der Waals surface area contributed by atoms with Crippen molar-refractivity contribution < 1.29 is 4.21 Å². The molecule has 6 heteroatoms. The summed E-state index contributed by atoms with van der Waals surface area (Å²) in [6, 6.07) is 1.63. The van der Waals surface area contributed by atoms with Gasteiger partial charge in [-0.05, 0) is 6.92 Å². The van der Waals surface area contributed by atoms with Crippen LogP contribution < -0.4 is 5.32 Å². The van der Waals surface area contributed by atoms with Crippen LogP contribution in [0.2, 0.25) is 5.15 Å². The second-order valence-electron chi connectivity index (χ2n) is 2.92. The van der Waals surface area contributed by atoms with Crippen molar-refractivity contribution in [1.29, 1.82) is 0 Å². The SMILES string of the molecule is CC(CNc1cc(Cl)ncn1)S(C)=O. The van der Waals surface area contributed by atoms with Crippen molar-refractivity contribution in [3.8, 4) is 0 Å². The molecule has 1 heterocycles. The van der Waals surface area contributed by atoms with E-state index < -0.39 is 10.8 Å². The first kappa shape index (κ1) is 11.4. The number of rotatable bonds is 4. The predicted molar refractivity (Wildman–Crippen MR) is 59.1 cm³/mol. The fraction of sp³-hybridized carbons (Fsp3) is 0.500. The minimum Gasteiger partial charge on any atom is -0.369 e. The van der Waals surface area contributed by atoms with Crippen LogP contribution in [0.1, 0.15) is 6.92 Å². The number of halogens is 1. The van der Waals surface area contributed by atoms with Crippen LogP contribution >= 0.6 is 11.6 Å². The number of hydrogen-bond acceptors (Lipinski definition) is 4. The van der Waals surface area contributed by atoms with Crippen molar-refractivity contribution in [3.05, 3.63) is 17.5 Å². The third kappa shape index (κ3) is 3.59. The lowest BCUT2D eigenvalue weighted by atomic mass is 10.4. The third-order valence-electron chi connectivity index (χ3n) is 1.77. The Morgan fingerprint density at radius 3 is 2.93 bits per heavy atom. The Morgan fingerprint density at radius 1 is 1.64 bits per heavy atom. The van der Waals surface area contributed by atoms with Gasteiger partial charge in [-0.1, -0.05) is 11.6 Å². The quantitative estimate of drug-likeness (QED) is 0.797. The van der Waals surface area contributed by atoms with E-state index in [0.717, 1.165) is 0 Å². The number of aromatic nitrogens is 2. The number of hydrogen-bond donors (Lipinski definition) is 1. The Kier molecular flexibility index (Phi) is 4.28. The van der Waals surface area contributed by atoms with Gasteiger partial charge in [0.2, 0.25) is 0 Å². The molecular weight excluding hydrogens is 222 g/mol. The Morgan fingerprint density at radius 2 is 2.36 bits per heavy atom. The van der Waals surface area contributed by atoms with Crippen LogP contribution in [0.4, 0.5) is 5.82 Å². The number of anilines is 1. The molecule has 14 heavy (non-hydrogen) atoms. The third-order valence-corrected chi connectivity index (χ3v) is 3.28. The average molecular weight is 234 g/mol. The smallest absolute Gasteiger partial charge is 0.134 e. The van der Waals surface area contributed by atoms with Crippen LogP contribution in [0.15, 0.2) is 12.4 Å². The van der Waals surface area contributed by atoms with Crippen LogP contribution in [0, 0.1) is 0 Å². The molecule has 1 aromatic rings. The van der Waals surface area contributed by atoms with E-state index in [2.05, 4.69) is 15.3 Å². The summed E-state index contributed by atoms with van der Waals surface area (Å²) >= 11 is 5.67. The maximum Gasteiger partial charge on any atom is 0.134 e. The number of nitrogens with one attached hydrogen (secondary N) is 1. The molecule has 0 aromatic carbocycles. The fourth-order valence-corrected chi connectivity index (χ4v) is 1.26. The Balaban J connectivity index is 2.49. The molecule has 4 nitrogen and oxygen atoms in total. The second-order valence-corrected chi connectivity index (χ2v) is 5.11. The summed E-state index contributed by atoms with van der Waals surface area (Å²) in [7, 11) is -0.828. The summed E-state index contributed by atoms with van der Waals surface area (Å²) in [5.74, 6) is 0.655. The minimum absolute atomic E-state index is 0.0868. The van der Waals surface area contributed by atoms with E-state index in [9.17, 15) is 4.21 Å². The molecule has 0 aliphatic rings. The van der Waals surface area contributed by atoms with E-state index in [-0.39, 0.29) is 5.25 Å². The average Bonchev–Trinajstić information content (AvgIpc) is 2.14. The monoisotopic (exact) mass is 233 g/mol. The molecule has 0 aliphatic carbocycles. The molecule has 2 atom stereocenters. The summed E-state index contributed by atoms with van der Waals surface area (Å²) in [6.07, 6.45) is 3.07. The minimum atomic E-state index is -0.828. The zero-order valence-electron chi connectivity index (χ0n) is 8.03. The van der Waals surface area contributed by atoms with Crippen LogP contribution in [-0.2, 0) is 10.8 Å². The van der Waals surface area contributed by atoms with Gasteiger partial charge in [0.15, 0.2) is 0 Å². The van der Waals surface area contributed by atoms with Gasteiger partial charge in [-0.25, -0.2) is 9.97 Å². The summed E-state index contributed by atoms with van der Waals surface area (Å²) in [4.78, 5) is 7.72. The van der Waals surface area contributed by atoms with Crippen molar-refractivity contribution in [1.82, 2.24) is 9.97 Å². The van der Waals surface area contributed by atoms with Gasteiger partial charge in [-0.3, -0.25) is 4.21 Å². The lowest BCUT2D eigenvalue weighted by Gasteiger charge is -2.09. The molecule has 1 rings (SSSR count). The van der Waals surface area contributed by atoms with Gasteiger partial charge in [0.1, 0.15) is 17.3 Å². The van der Waals surface area contributed by atoms with Crippen molar-refractivity contribution in [2.75, 3.05) is 18.1 Å². The van der Waals surface area contributed by atoms with Crippen LogP contribution in [0.25, 0.3) is 0 Å². The van der Waals surface area contributed by atoms with Gasteiger partial charge in [0.25, 0.3) is 0 Å². The molecule has 1 aromatic heterocycles. The van der Waals surface area contributed by atoms with Crippen LogP contribution in [-0.4, -0.2) is 32.2 Å². The number of nitrogens with zero attached hydrogens (tertiary/aromatic N) is 2. The molecule has 0 saturated carbocycles. The highest BCUT2D eigenvalue weighted by Crippen LogP contribution is 2.08. The molecule has 0 bridgehead atoms. The van der Waals surface area contributed by atoms with Gasteiger partial charge in [0.05, 0.1) is 0 Å². The van der Waals surface area contributed by atoms with Gasteiger partial charge < -0.3 is 5.32 Å². The molecule has 78 valence electrons. The first-order valence-corrected chi connectivity index (χ1v) is 6.13. The molecular formula is C8H12ClN3OS. The van der Waals surface area contributed by atoms with Crippen LogP contribution in [0.5, 0.6) is 0 Å². The highest BCUT2D eigenvalue weighted by atomic mass is 35.5. The highest BCUT2D eigenvalue weighted by Gasteiger charge is 2.05. The van der Waals surface area contributed by atoms with E-state index in [1.165, 1.54) is 6.33 Å². The van der Waals surface area contributed by atoms with Gasteiger partial charge >= 0.3 is 0 Å². The van der Waals surface area contributed by atoms with Gasteiger partial charge in [-0.15, -0.1) is 0 Å². The first-order valence-electron chi connectivity index (χ1n) is 4.13. The summed E-state index contributed by atoms with van der Waals surface area (Å²) in [5, 5.41) is 3.52. The summed E-state index contributed by atoms with van der Waals surface area (Å²) in [5.41, 5.74) is 0. The second kappa shape index (κ2) is 5.26. The molecule has 0 saturated heterocycles. The summed E-state index contributed by atoms with van der Waals surface area (Å²) in [6.45, 7) is 2.52. The van der Waals surface area contributed by atoms with Crippen molar-refractivity contribution in [3.63, 3.8) is 0 Å². The van der Waals surface area contributed by atoms with E-state index in [4.69, 9.17) is 11.6 Å². The normalized spacial score (nSPS) is 14.8. The largest absolute Gasteiger partial charge is 0.369 e. The topological polar surface area (TPSA) is 54.9 Å². The van der Waals surface area contributed by atoms with Crippen molar-refractivity contribution >= 4 is 28.2 Å². The molecule has 1 N–H and O–H groups in total. The predicted octanol–water partition coefficient (Wildman–Crippen LogP) is 1.31. The van der Waals surface area contributed by atoms with E-state index in [0.29, 0.717) is 17.5 Å². The summed E-state index contributed by atoms with van der Waals surface area (Å²) < 4.78 is 11.0. The standard InChI is InChI=1S/C8H12ClN3OS/c1-6(14(2)13)4-10-8-3-7(9)11-5-12-8/h3,5-6H,4H2,1-2H3,(H,10,11,12). The Hall–Kier alpha value is -0.680. The molecule has 0 fully saturated rings. The molecule has 0 spiro atoms. The van der Waals surface area contributed by atoms with E-state index in [1.54, 1.807) is 12.3 Å². The van der Waals surface area contributed by atoms with Crippen molar-refractivity contribution in [2.45, 2.75) is 12.2 Å².